The molecule has 0 radical (unpaired) electrons. The predicted molar refractivity (Wildman–Crippen MR) is 62.9 cm³/mol. The number of hydrogen-bond acceptors (Lipinski definition) is 4. The van der Waals surface area contributed by atoms with Crippen LogP contribution in [0, 0.1) is 5.92 Å². The van der Waals surface area contributed by atoms with Gasteiger partial charge in [0.2, 0.25) is 10.0 Å². The molecule has 1 saturated heterocycles. The zero-order valence-electron chi connectivity index (χ0n) is 10.1. The molecule has 0 aromatic rings. The molecule has 0 amide bonds. The maximum Gasteiger partial charge on any atom is 0.310 e. The highest BCUT2D eigenvalue weighted by Crippen LogP contribution is 2.33. The quantitative estimate of drug-likeness (QED) is 0.701. The van der Waals surface area contributed by atoms with Crippen molar-refractivity contribution in [1.29, 1.82) is 0 Å². The normalized spacial score (nSPS) is 26.8. The van der Waals surface area contributed by atoms with Gasteiger partial charge in [-0.2, -0.15) is 0 Å². The third-order valence-corrected chi connectivity index (χ3v) is 5.67. The van der Waals surface area contributed by atoms with Crippen molar-refractivity contribution in [3.63, 3.8) is 0 Å². The molecule has 1 atom stereocenters. The molecule has 0 spiro atoms. The summed E-state index contributed by atoms with van der Waals surface area (Å²) in [4.78, 5) is 11.6. The Bertz CT molecular complexity index is 388. The Labute approximate surface area is 102 Å². The summed E-state index contributed by atoms with van der Waals surface area (Å²) in [7, 11) is -3.14. The summed E-state index contributed by atoms with van der Waals surface area (Å²) in [6.45, 7) is 2.97. The van der Waals surface area contributed by atoms with Crippen LogP contribution in [0.25, 0.3) is 0 Å². The van der Waals surface area contributed by atoms with Gasteiger partial charge in [-0.3, -0.25) is 4.79 Å². The van der Waals surface area contributed by atoms with Gasteiger partial charge in [-0.05, 0) is 32.6 Å². The highest BCUT2D eigenvalue weighted by Gasteiger charge is 2.42. The average molecular weight is 261 g/mol. The molecule has 2 rings (SSSR count). The number of piperidine rings is 1. The van der Waals surface area contributed by atoms with Crippen LogP contribution in [0.2, 0.25) is 0 Å². The van der Waals surface area contributed by atoms with Crippen LogP contribution < -0.4 is 0 Å². The van der Waals surface area contributed by atoms with E-state index in [0.29, 0.717) is 19.7 Å². The predicted octanol–water partition coefficient (Wildman–Crippen LogP) is 0.754. The number of esters is 1. The van der Waals surface area contributed by atoms with E-state index in [4.69, 9.17) is 4.74 Å². The fourth-order valence-corrected chi connectivity index (χ4v) is 4.13. The van der Waals surface area contributed by atoms with Crippen LogP contribution >= 0.6 is 0 Å². The highest BCUT2D eigenvalue weighted by molar-refractivity contribution is 7.90. The van der Waals surface area contributed by atoms with E-state index in [1.54, 1.807) is 6.92 Å². The van der Waals surface area contributed by atoms with E-state index in [9.17, 15) is 13.2 Å². The molecule has 6 heteroatoms. The molecule has 5 nitrogen and oxygen atoms in total. The molecule has 17 heavy (non-hydrogen) atoms. The molecule has 1 heterocycles. The van der Waals surface area contributed by atoms with Crippen LogP contribution in [0.3, 0.4) is 0 Å². The average Bonchev–Trinajstić information content (AvgIpc) is 3.13. The van der Waals surface area contributed by atoms with Crippen LogP contribution in [-0.4, -0.2) is 43.6 Å². The number of sulfonamides is 1. The van der Waals surface area contributed by atoms with E-state index >= 15 is 0 Å². The minimum atomic E-state index is -3.14. The van der Waals surface area contributed by atoms with E-state index in [1.165, 1.54) is 4.31 Å². The first kappa shape index (κ1) is 12.8. The number of ether oxygens (including phenoxy) is 1. The Balaban J connectivity index is 1.99. The molecule has 0 aromatic heterocycles. The van der Waals surface area contributed by atoms with Crippen molar-refractivity contribution >= 4 is 16.0 Å². The molecule has 1 aliphatic heterocycles. The molecule has 1 aliphatic carbocycles. The minimum Gasteiger partial charge on any atom is -0.466 e. The van der Waals surface area contributed by atoms with Crippen LogP contribution in [0.15, 0.2) is 0 Å². The Kier molecular flexibility index (Phi) is 3.73. The summed E-state index contributed by atoms with van der Waals surface area (Å²) in [5.74, 6) is -0.541. The SMILES string of the molecule is CCOC(=O)[C@@H]1CCCN(S(=O)(=O)C2CC2)C1. The lowest BCUT2D eigenvalue weighted by Crippen LogP contribution is -2.44. The van der Waals surface area contributed by atoms with Gasteiger partial charge in [0.1, 0.15) is 0 Å². The Morgan fingerprint density at radius 2 is 2.06 bits per heavy atom. The molecular weight excluding hydrogens is 242 g/mol. The first-order chi connectivity index (χ1) is 8.05. The van der Waals surface area contributed by atoms with Gasteiger partial charge in [-0.25, -0.2) is 12.7 Å². The van der Waals surface area contributed by atoms with Crippen LogP contribution in [-0.2, 0) is 19.6 Å². The maximum atomic E-state index is 12.0. The van der Waals surface area contributed by atoms with Gasteiger partial charge in [0.25, 0.3) is 0 Å². The number of nitrogens with zero attached hydrogens (tertiary/aromatic N) is 1. The molecule has 0 aromatic carbocycles. The Hall–Kier alpha value is -0.620. The highest BCUT2D eigenvalue weighted by atomic mass is 32.2. The van der Waals surface area contributed by atoms with Crippen molar-refractivity contribution in [2.75, 3.05) is 19.7 Å². The zero-order valence-corrected chi connectivity index (χ0v) is 10.9. The van der Waals surface area contributed by atoms with Crippen LogP contribution in [0.5, 0.6) is 0 Å². The summed E-state index contributed by atoms with van der Waals surface area (Å²) in [5, 5.41) is -0.191. The molecule has 2 aliphatic rings. The van der Waals surface area contributed by atoms with Crippen molar-refractivity contribution in [3.8, 4) is 0 Å². The molecule has 98 valence electrons. The van der Waals surface area contributed by atoms with E-state index in [-0.39, 0.29) is 17.1 Å². The van der Waals surface area contributed by atoms with Crippen molar-refractivity contribution in [2.24, 2.45) is 5.92 Å². The van der Waals surface area contributed by atoms with Gasteiger partial charge in [-0.1, -0.05) is 0 Å². The Morgan fingerprint density at radius 3 is 2.65 bits per heavy atom. The van der Waals surface area contributed by atoms with Crippen molar-refractivity contribution in [1.82, 2.24) is 4.31 Å². The largest absolute Gasteiger partial charge is 0.466 e. The first-order valence-electron chi connectivity index (χ1n) is 6.21. The molecule has 2 fully saturated rings. The zero-order chi connectivity index (χ0) is 12.5. The molecule has 1 saturated carbocycles. The lowest BCUT2D eigenvalue weighted by Gasteiger charge is -2.30. The number of rotatable bonds is 4. The summed E-state index contributed by atoms with van der Waals surface area (Å²) >= 11 is 0. The smallest absolute Gasteiger partial charge is 0.310 e. The second-order valence-corrected chi connectivity index (χ2v) is 6.91. The summed E-state index contributed by atoms with van der Waals surface area (Å²) in [5.41, 5.74) is 0. The lowest BCUT2D eigenvalue weighted by molar-refractivity contribution is -0.149. The summed E-state index contributed by atoms with van der Waals surface area (Å²) in [6.07, 6.45) is 3.01. The van der Waals surface area contributed by atoms with Crippen molar-refractivity contribution < 1.29 is 17.9 Å². The van der Waals surface area contributed by atoms with Crippen LogP contribution in [0.1, 0.15) is 32.6 Å². The van der Waals surface area contributed by atoms with Gasteiger partial charge in [0.05, 0.1) is 17.8 Å². The van der Waals surface area contributed by atoms with Crippen LogP contribution in [0.4, 0.5) is 0 Å². The molecule has 0 unspecified atom stereocenters. The standard InChI is InChI=1S/C11H19NO4S/c1-2-16-11(13)9-4-3-7-12(8-9)17(14,15)10-5-6-10/h9-10H,2-8H2,1H3/t9-/m1/s1. The van der Waals surface area contributed by atoms with E-state index < -0.39 is 10.0 Å². The fourth-order valence-electron chi connectivity index (χ4n) is 2.20. The number of carbonyl (C=O) groups is 1. The first-order valence-corrected chi connectivity index (χ1v) is 7.71. The maximum absolute atomic E-state index is 12.0. The second-order valence-electron chi connectivity index (χ2n) is 4.69. The van der Waals surface area contributed by atoms with Gasteiger partial charge < -0.3 is 4.74 Å². The van der Waals surface area contributed by atoms with E-state index in [2.05, 4.69) is 0 Å². The molecule has 0 bridgehead atoms. The second kappa shape index (κ2) is 4.94. The lowest BCUT2D eigenvalue weighted by atomic mass is 10.0. The van der Waals surface area contributed by atoms with Crippen molar-refractivity contribution in [3.05, 3.63) is 0 Å². The monoisotopic (exact) mass is 261 g/mol. The van der Waals surface area contributed by atoms with Gasteiger partial charge in [0, 0.05) is 13.1 Å². The molecule has 0 N–H and O–H groups in total. The fraction of sp³-hybridized carbons (Fsp3) is 0.909. The van der Waals surface area contributed by atoms with Gasteiger partial charge >= 0.3 is 5.97 Å². The summed E-state index contributed by atoms with van der Waals surface area (Å²) < 4.78 is 30.5. The number of hydrogen-bond donors (Lipinski definition) is 0. The van der Waals surface area contributed by atoms with Gasteiger partial charge in [0.15, 0.2) is 0 Å². The summed E-state index contributed by atoms with van der Waals surface area (Å²) in [6, 6.07) is 0. The van der Waals surface area contributed by atoms with Crippen molar-refractivity contribution in [2.45, 2.75) is 37.9 Å². The van der Waals surface area contributed by atoms with E-state index in [0.717, 1.165) is 25.7 Å². The number of carbonyl (C=O) groups excluding carboxylic acids is 1. The van der Waals surface area contributed by atoms with Gasteiger partial charge in [-0.15, -0.1) is 0 Å². The third-order valence-electron chi connectivity index (χ3n) is 3.31. The minimum absolute atomic E-state index is 0.191. The topological polar surface area (TPSA) is 63.7 Å². The Morgan fingerprint density at radius 1 is 1.35 bits per heavy atom. The third kappa shape index (κ3) is 2.80. The van der Waals surface area contributed by atoms with E-state index in [1.807, 2.05) is 0 Å². The molecular formula is C11H19NO4S.